The molecule has 0 radical (unpaired) electrons. The van der Waals surface area contributed by atoms with E-state index in [1.54, 1.807) is 13.8 Å². The molecule has 1 N–H and O–H groups in total. The largest absolute Gasteiger partial charge is 0.481 e. The number of likely N-dealkylation sites (N-methyl/N-ethyl adjacent to an activating group) is 1. The van der Waals surface area contributed by atoms with Crippen molar-refractivity contribution in [2.75, 3.05) is 18.0 Å². The van der Waals surface area contributed by atoms with Gasteiger partial charge in [0, 0.05) is 24.7 Å². The zero-order valence-electron chi connectivity index (χ0n) is 12.2. The maximum Gasteiger partial charge on any atom is 0.309 e. The number of hydrogen-bond donors (Lipinski definition) is 1. The summed E-state index contributed by atoms with van der Waals surface area (Å²) < 4.78 is 0. The number of benzene rings is 1. The Kier molecular flexibility index (Phi) is 3.57. The van der Waals surface area contributed by atoms with Crippen molar-refractivity contribution < 1.29 is 9.90 Å². The summed E-state index contributed by atoms with van der Waals surface area (Å²) in [6.45, 7) is 10.0. The van der Waals surface area contributed by atoms with Crippen molar-refractivity contribution in [3.8, 4) is 0 Å². The number of anilines is 1. The minimum Gasteiger partial charge on any atom is -0.481 e. The lowest BCUT2D eigenvalue weighted by Gasteiger charge is -2.22. The van der Waals surface area contributed by atoms with Crippen molar-refractivity contribution in [3.05, 3.63) is 29.3 Å². The normalized spacial score (nSPS) is 18.5. The lowest BCUT2D eigenvalue weighted by atomic mass is 9.82. The highest BCUT2D eigenvalue weighted by molar-refractivity contribution is 5.74. The molecule has 104 valence electrons. The second kappa shape index (κ2) is 4.87. The van der Waals surface area contributed by atoms with Crippen LogP contribution in [0, 0.1) is 5.41 Å². The van der Waals surface area contributed by atoms with Crippen LogP contribution in [0.5, 0.6) is 0 Å². The van der Waals surface area contributed by atoms with Gasteiger partial charge in [-0.2, -0.15) is 0 Å². The Hall–Kier alpha value is -1.51. The SMILES string of the molecule is CCN1CC(C)c2c(CC(C)(C)C(=O)O)cccc21. The van der Waals surface area contributed by atoms with E-state index in [1.165, 1.54) is 16.8 Å². The standard InChI is InChI=1S/C16H23NO2/c1-5-17-10-11(2)14-12(7-6-8-13(14)17)9-16(3,4)15(18)19/h6-8,11H,5,9-10H2,1-4H3,(H,18,19). The van der Waals surface area contributed by atoms with Gasteiger partial charge >= 0.3 is 5.97 Å². The lowest BCUT2D eigenvalue weighted by Crippen LogP contribution is -2.26. The van der Waals surface area contributed by atoms with Crippen LogP contribution in [0.25, 0.3) is 0 Å². The molecule has 3 heteroatoms. The van der Waals surface area contributed by atoms with E-state index in [2.05, 4.69) is 30.9 Å². The Bertz CT molecular complexity index is 494. The third-order valence-electron chi connectivity index (χ3n) is 4.09. The molecule has 0 saturated heterocycles. The summed E-state index contributed by atoms with van der Waals surface area (Å²) in [5.41, 5.74) is 3.11. The van der Waals surface area contributed by atoms with Gasteiger partial charge in [0.2, 0.25) is 0 Å². The molecular formula is C16H23NO2. The minimum atomic E-state index is -0.733. The average Bonchev–Trinajstić information content (AvgIpc) is 2.66. The quantitative estimate of drug-likeness (QED) is 0.904. The molecule has 0 fully saturated rings. The van der Waals surface area contributed by atoms with Gasteiger partial charge in [0.05, 0.1) is 5.41 Å². The van der Waals surface area contributed by atoms with Gasteiger partial charge in [-0.05, 0) is 44.4 Å². The van der Waals surface area contributed by atoms with E-state index < -0.39 is 11.4 Å². The number of carboxylic acid groups (broad SMARTS) is 1. The molecule has 19 heavy (non-hydrogen) atoms. The van der Waals surface area contributed by atoms with E-state index in [9.17, 15) is 9.90 Å². The summed E-state index contributed by atoms with van der Waals surface area (Å²) in [6.07, 6.45) is 0.591. The van der Waals surface area contributed by atoms with Gasteiger partial charge in [0.15, 0.2) is 0 Å². The summed E-state index contributed by atoms with van der Waals surface area (Å²) in [7, 11) is 0. The van der Waals surface area contributed by atoms with Crippen LogP contribution in [0.2, 0.25) is 0 Å². The first-order valence-electron chi connectivity index (χ1n) is 6.97. The molecule has 0 aliphatic carbocycles. The molecule has 1 unspecified atom stereocenters. The first-order valence-corrected chi connectivity index (χ1v) is 6.97. The molecule has 1 aliphatic rings. The molecule has 0 spiro atoms. The van der Waals surface area contributed by atoms with Crippen LogP contribution in [-0.4, -0.2) is 24.2 Å². The molecular weight excluding hydrogens is 238 g/mol. The molecule has 0 bridgehead atoms. The van der Waals surface area contributed by atoms with Crippen LogP contribution >= 0.6 is 0 Å². The van der Waals surface area contributed by atoms with Crippen LogP contribution < -0.4 is 4.90 Å². The van der Waals surface area contributed by atoms with Gasteiger partial charge in [0.25, 0.3) is 0 Å². The van der Waals surface area contributed by atoms with E-state index in [1.807, 2.05) is 6.07 Å². The number of rotatable bonds is 4. The van der Waals surface area contributed by atoms with Crippen LogP contribution in [0.1, 0.15) is 44.7 Å². The van der Waals surface area contributed by atoms with Gasteiger partial charge < -0.3 is 10.0 Å². The Labute approximate surface area is 115 Å². The van der Waals surface area contributed by atoms with Gasteiger partial charge in [-0.3, -0.25) is 4.79 Å². The molecule has 1 heterocycles. The maximum atomic E-state index is 11.3. The Morgan fingerprint density at radius 3 is 2.74 bits per heavy atom. The van der Waals surface area contributed by atoms with Gasteiger partial charge in [0.1, 0.15) is 0 Å². The molecule has 0 amide bonds. The maximum absolute atomic E-state index is 11.3. The summed E-state index contributed by atoms with van der Waals surface area (Å²) in [5.74, 6) is -0.251. The van der Waals surface area contributed by atoms with Crippen molar-refractivity contribution in [1.29, 1.82) is 0 Å². The fraction of sp³-hybridized carbons (Fsp3) is 0.562. The third kappa shape index (κ3) is 2.46. The lowest BCUT2D eigenvalue weighted by molar-refractivity contribution is -0.146. The molecule has 1 aromatic carbocycles. The summed E-state index contributed by atoms with van der Waals surface area (Å²) in [4.78, 5) is 13.7. The third-order valence-corrected chi connectivity index (χ3v) is 4.09. The van der Waals surface area contributed by atoms with Crippen molar-refractivity contribution >= 4 is 11.7 Å². The van der Waals surface area contributed by atoms with Crippen LogP contribution in [0.3, 0.4) is 0 Å². The number of carboxylic acids is 1. The van der Waals surface area contributed by atoms with E-state index in [-0.39, 0.29) is 0 Å². The average molecular weight is 261 g/mol. The van der Waals surface area contributed by atoms with E-state index >= 15 is 0 Å². The summed E-state index contributed by atoms with van der Waals surface area (Å²) in [6, 6.07) is 6.28. The smallest absolute Gasteiger partial charge is 0.309 e. The minimum absolute atomic E-state index is 0.482. The molecule has 3 nitrogen and oxygen atoms in total. The zero-order chi connectivity index (χ0) is 14.2. The number of carbonyl (C=O) groups is 1. The van der Waals surface area contributed by atoms with Crippen molar-refractivity contribution in [1.82, 2.24) is 0 Å². The second-order valence-corrected chi connectivity index (χ2v) is 6.16. The molecule has 1 aliphatic heterocycles. The van der Waals surface area contributed by atoms with Gasteiger partial charge in [-0.25, -0.2) is 0 Å². The number of aliphatic carboxylic acids is 1. The number of hydrogen-bond acceptors (Lipinski definition) is 2. The van der Waals surface area contributed by atoms with E-state index in [0.29, 0.717) is 12.3 Å². The first kappa shape index (κ1) is 13.9. The highest BCUT2D eigenvalue weighted by atomic mass is 16.4. The fourth-order valence-electron chi connectivity index (χ4n) is 2.97. The molecule has 0 saturated carbocycles. The van der Waals surface area contributed by atoms with Crippen molar-refractivity contribution in [2.24, 2.45) is 5.41 Å². The second-order valence-electron chi connectivity index (χ2n) is 6.16. The molecule has 2 rings (SSSR count). The molecule has 0 aromatic heterocycles. The van der Waals surface area contributed by atoms with Crippen LogP contribution in [0.4, 0.5) is 5.69 Å². The zero-order valence-corrected chi connectivity index (χ0v) is 12.2. The van der Waals surface area contributed by atoms with E-state index in [0.717, 1.165) is 13.1 Å². The Morgan fingerprint density at radius 2 is 2.16 bits per heavy atom. The fourth-order valence-corrected chi connectivity index (χ4v) is 2.97. The summed E-state index contributed by atoms with van der Waals surface area (Å²) >= 11 is 0. The van der Waals surface area contributed by atoms with Gasteiger partial charge in [-0.15, -0.1) is 0 Å². The van der Waals surface area contributed by atoms with Crippen LogP contribution in [0.15, 0.2) is 18.2 Å². The molecule has 1 atom stereocenters. The monoisotopic (exact) mass is 261 g/mol. The van der Waals surface area contributed by atoms with Crippen molar-refractivity contribution in [3.63, 3.8) is 0 Å². The predicted molar refractivity (Wildman–Crippen MR) is 77.9 cm³/mol. The summed E-state index contributed by atoms with van der Waals surface area (Å²) in [5, 5.41) is 9.30. The van der Waals surface area contributed by atoms with Crippen molar-refractivity contribution in [2.45, 2.75) is 40.0 Å². The Balaban J connectivity index is 2.39. The molecule has 1 aromatic rings. The predicted octanol–water partition coefficient (Wildman–Crippen LogP) is 3.28. The highest BCUT2D eigenvalue weighted by Crippen LogP contribution is 2.40. The Morgan fingerprint density at radius 1 is 1.47 bits per heavy atom. The van der Waals surface area contributed by atoms with E-state index in [4.69, 9.17) is 0 Å². The first-order chi connectivity index (χ1) is 8.86. The topological polar surface area (TPSA) is 40.5 Å². The van der Waals surface area contributed by atoms with Gasteiger partial charge in [-0.1, -0.05) is 19.1 Å². The number of nitrogens with zero attached hydrogens (tertiary/aromatic N) is 1. The highest BCUT2D eigenvalue weighted by Gasteiger charge is 2.32. The van der Waals surface area contributed by atoms with Crippen LogP contribution in [-0.2, 0) is 11.2 Å². The number of fused-ring (bicyclic) bond motifs is 1.